The average Bonchev–Trinajstić information content (AvgIpc) is 3.08. The lowest BCUT2D eigenvalue weighted by atomic mass is 10.1. The molecule has 0 bridgehead atoms. The van der Waals surface area contributed by atoms with Gasteiger partial charge in [-0.1, -0.05) is 12.1 Å². The SMILES string of the molecule is CC(C)(C)n1nc2c(c1NC(=O)c1ccccc1C(F)(F)F)CSC2. The molecule has 0 saturated heterocycles. The number of thioether (sulfide) groups is 1. The van der Waals surface area contributed by atoms with Crippen LogP contribution in [0.4, 0.5) is 19.0 Å². The van der Waals surface area contributed by atoms with Crippen LogP contribution >= 0.6 is 11.8 Å². The van der Waals surface area contributed by atoms with E-state index in [0.29, 0.717) is 11.6 Å². The maximum absolute atomic E-state index is 13.2. The number of nitrogens with zero attached hydrogens (tertiary/aromatic N) is 2. The van der Waals surface area contributed by atoms with Gasteiger partial charge in [0.2, 0.25) is 0 Å². The van der Waals surface area contributed by atoms with E-state index in [0.717, 1.165) is 23.1 Å². The van der Waals surface area contributed by atoms with E-state index in [2.05, 4.69) is 10.4 Å². The van der Waals surface area contributed by atoms with Crippen LogP contribution in [0.2, 0.25) is 0 Å². The maximum Gasteiger partial charge on any atom is 0.417 e. The summed E-state index contributed by atoms with van der Waals surface area (Å²) in [5, 5.41) is 7.21. The number of hydrogen-bond acceptors (Lipinski definition) is 3. The van der Waals surface area contributed by atoms with Crippen LogP contribution in [0.1, 0.15) is 48.0 Å². The standard InChI is InChI=1S/C17H18F3N3OS/c1-16(2,3)23-14(11-8-25-9-13(11)22-23)21-15(24)10-6-4-5-7-12(10)17(18,19)20/h4-7H,8-9H2,1-3H3,(H,21,24). The van der Waals surface area contributed by atoms with Gasteiger partial charge in [-0.3, -0.25) is 4.79 Å². The first kappa shape index (κ1) is 17.8. The van der Waals surface area contributed by atoms with Crippen molar-refractivity contribution in [3.63, 3.8) is 0 Å². The van der Waals surface area contributed by atoms with Crippen molar-refractivity contribution in [3.05, 3.63) is 46.6 Å². The second kappa shape index (κ2) is 6.09. The normalized spacial score (nSPS) is 14.5. The highest BCUT2D eigenvalue weighted by Crippen LogP contribution is 2.38. The number of halogens is 3. The number of amides is 1. The molecule has 134 valence electrons. The molecule has 0 aliphatic carbocycles. The molecular formula is C17H18F3N3OS. The third-order valence-electron chi connectivity index (χ3n) is 3.90. The van der Waals surface area contributed by atoms with E-state index in [4.69, 9.17) is 0 Å². The van der Waals surface area contributed by atoms with Crippen LogP contribution in [-0.4, -0.2) is 15.7 Å². The number of carbonyl (C=O) groups is 1. The Hall–Kier alpha value is -1.96. The first-order valence-corrected chi connectivity index (χ1v) is 8.91. The third-order valence-corrected chi connectivity index (χ3v) is 4.87. The van der Waals surface area contributed by atoms with E-state index in [-0.39, 0.29) is 0 Å². The van der Waals surface area contributed by atoms with Gasteiger partial charge in [0.25, 0.3) is 5.91 Å². The molecule has 25 heavy (non-hydrogen) atoms. The van der Waals surface area contributed by atoms with Crippen molar-refractivity contribution in [1.29, 1.82) is 0 Å². The molecule has 1 aliphatic heterocycles. The summed E-state index contributed by atoms with van der Waals surface area (Å²) in [5.74, 6) is 1.12. The van der Waals surface area contributed by atoms with Crippen molar-refractivity contribution in [2.75, 3.05) is 5.32 Å². The zero-order valence-corrected chi connectivity index (χ0v) is 14.9. The largest absolute Gasteiger partial charge is 0.417 e. The molecule has 0 saturated carbocycles. The lowest BCUT2D eigenvalue weighted by Gasteiger charge is -2.23. The van der Waals surface area contributed by atoms with Crippen molar-refractivity contribution >= 4 is 23.5 Å². The van der Waals surface area contributed by atoms with E-state index >= 15 is 0 Å². The van der Waals surface area contributed by atoms with Crippen LogP contribution in [0.15, 0.2) is 24.3 Å². The van der Waals surface area contributed by atoms with Crippen LogP contribution in [0.5, 0.6) is 0 Å². The van der Waals surface area contributed by atoms with Gasteiger partial charge in [0.1, 0.15) is 5.82 Å². The summed E-state index contributed by atoms with van der Waals surface area (Å²) < 4.78 is 41.2. The summed E-state index contributed by atoms with van der Waals surface area (Å²) in [6.07, 6.45) is -4.59. The zero-order chi connectivity index (χ0) is 18.4. The molecule has 3 rings (SSSR count). The van der Waals surface area contributed by atoms with Crippen LogP contribution in [0.25, 0.3) is 0 Å². The van der Waals surface area contributed by atoms with Crippen LogP contribution in [0, 0.1) is 0 Å². The van der Waals surface area contributed by atoms with Gasteiger partial charge in [-0.05, 0) is 32.9 Å². The van der Waals surface area contributed by atoms with Crippen molar-refractivity contribution < 1.29 is 18.0 Å². The quantitative estimate of drug-likeness (QED) is 0.838. The molecule has 1 amide bonds. The summed E-state index contributed by atoms with van der Waals surface area (Å²) in [4.78, 5) is 12.6. The number of fused-ring (bicyclic) bond motifs is 1. The van der Waals surface area contributed by atoms with Crippen molar-refractivity contribution in [2.45, 2.75) is 44.0 Å². The molecule has 0 spiro atoms. The number of nitrogens with one attached hydrogen (secondary N) is 1. The highest BCUT2D eigenvalue weighted by molar-refractivity contribution is 7.98. The van der Waals surface area contributed by atoms with Gasteiger partial charge in [-0.15, -0.1) is 0 Å². The number of benzene rings is 1. The minimum Gasteiger partial charge on any atom is -0.306 e. The van der Waals surface area contributed by atoms with E-state index in [1.54, 1.807) is 16.4 Å². The van der Waals surface area contributed by atoms with Gasteiger partial charge in [-0.25, -0.2) is 4.68 Å². The number of anilines is 1. The second-order valence-electron chi connectivity index (χ2n) is 6.85. The molecule has 1 aromatic heterocycles. The monoisotopic (exact) mass is 369 g/mol. The summed E-state index contributed by atoms with van der Waals surface area (Å²) in [6, 6.07) is 4.79. The molecule has 0 unspecified atom stereocenters. The van der Waals surface area contributed by atoms with Crippen LogP contribution in [0.3, 0.4) is 0 Å². The average molecular weight is 369 g/mol. The van der Waals surface area contributed by atoms with Crippen LogP contribution in [-0.2, 0) is 23.2 Å². The Morgan fingerprint density at radius 1 is 1.20 bits per heavy atom. The van der Waals surface area contributed by atoms with E-state index in [9.17, 15) is 18.0 Å². The Morgan fingerprint density at radius 2 is 1.88 bits per heavy atom. The van der Waals surface area contributed by atoms with Gasteiger partial charge in [-0.2, -0.15) is 30.0 Å². The number of alkyl halides is 3. The Morgan fingerprint density at radius 3 is 2.52 bits per heavy atom. The minimum absolute atomic E-state index is 0.393. The lowest BCUT2D eigenvalue weighted by molar-refractivity contribution is -0.137. The molecule has 4 nitrogen and oxygen atoms in total. The van der Waals surface area contributed by atoms with Gasteiger partial charge in [0, 0.05) is 17.1 Å². The Balaban J connectivity index is 2.01. The first-order valence-electron chi connectivity index (χ1n) is 7.75. The number of rotatable bonds is 2. The van der Waals surface area contributed by atoms with Gasteiger partial charge in [0.15, 0.2) is 0 Å². The molecule has 1 N–H and O–H groups in total. The van der Waals surface area contributed by atoms with Crippen LogP contribution < -0.4 is 5.32 Å². The predicted molar refractivity (Wildman–Crippen MR) is 91.6 cm³/mol. The summed E-state index contributed by atoms with van der Waals surface area (Å²) in [5.41, 5.74) is 0.0229. The Labute approximate surface area is 147 Å². The topological polar surface area (TPSA) is 46.9 Å². The predicted octanol–water partition coefficient (Wildman–Crippen LogP) is 4.66. The summed E-state index contributed by atoms with van der Waals surface area (Å²) in [6.45, 7) is 5.80. The molecule has 0 fully saturated rings. The van der Waals surface area contributed by atoms with Gasteiger partial charge < -0.3 is 5.32 Å². The summed E-state index contributed by atoms with van der Waals surface area (Å²) >= 11 is 1.67. The number of carbonyl (C=O) groups excluding carboxylic acids is 1. The molecule has 0 radical (unpaired) electrons. The fraction of sp³-hybridized carbons (Fsp3) is 0.412. The third kappa shape index (κ3) is 3.40. The Kier molecular flexibility index (Phi) is 4.35. The Bertz CT molecular complexity index is 822. The van der Waals surface area contributed by atoms with Crippen molar-refractivity contribution in [2.24, 2.45) is 0 Å². The first-order chi connectivity index (χ1) is 11.6. The highest BCUT2D eigenvalue weighted by atomic mass is 32.2. The van der Waals surface area contributed by atoms with E-state index in [1.165, 1.54) is 18.2 Å². The van der Waals surface area contributed by atoms with Gasteiger partial charge >= 0.3 is 6.18 Å². The van der Waals surface area contributed by atoms with Crippen molar-refractivity contribution in [1.82, 2.24) is 9.78 Å². The molecule has 1 aliphatic rings. The smallest absolute Gasteiger partial charge is 0.306 e. The van der Waals surface area contributed by atoms with Crippen molar-refractivity contribution in [3.8, 4) is 0 Å². The fourth-order valence-corrected chi connectivity index (χ4v) is 3.76. The molecule has 2 heterocycles. The minimum atomic E-state index is -4.59. The molecule has 0 atom stereocenters. The molecule has 8 heteroatoms. The second-order valence-corrected chi connectivity index (χ2v) is 7.83. The molecule has 2 aromatic rings. The van der Waals surface area contributed by atoms with Gasteiger partial charge in [0.05, 0.1) is 22.4 Å². The molecule has 1 aromatic carbocycles. The molecular weight excluding hydrogens is 351 g/mol. The highest BCUT2D eigenvalue weighted by Gasteiger charge is 2.36. The number of hydrogen-bond donors (Lipinski definition) is 1. The van der Waals surface area contributed by atoms with E-state index in [1.807, 2.05) is 20.8 Å². The maximum atomic E-state index is 13.2. The van der Waals surface area contributed by atoms with E-state index < -0.39 is 28.7 Å². The zero-order valence-electron chi connectivity index (χ0n) is 14.1. The lowest BCUT2D eigenvalue weighted by Crippen LogP contribution is -2.28. The number of aromatic nitrogens is 2. The fourth-order valence-electron chi connectivity index (χ4n) is 2.73. The summed E-state index contributed by atoms with van der Waals surface area (Å²) in [7, 11) is 0.